The number of hydrogen-bond acceptors (Lipinski definition) is 5. The molecular weight excluding hydrogens is 286 g/mol. The molecule has 2 saturated heterocycles. The van der Waals surface area contributed by atoms with E-state index in [1.165, 1.54) is 5.00 Å². The van der Waals surface area contributed by atoms with Crippen LogP contribution in [0.1, 0.15) is 12.8 Å². The molecule has 1 aromatic heterocycles. The van der Waals surface area contributed by atoms with E-state index in [9.17, 15) is 4.79 Å². The Bertz CT molecular complexity index is 463. The fraction of sp³-hybridized carbons (Fsp3) is 0.667. The van der Waals surface area contributed by atoms with Crippen molar-refractivity contribution in [3.05, 3.63) is 17.5 Å². The van der Waals surface area contributed by atoms with Gasteiger partial charge >= 0.3 is 0 Å². The third-order valence-electron chi connectivity index (χ3n) is 4.58. The van der Waals surface area contributed by atoms with E-state index in [4.69, 9.17) is 4.74 Å². The lowest BCUT2D eigenvalue weighted by molar-refractivity contribution is -0.158. The van der Waals surface area contributed by atoms with Gasteiger partial charge in [-0.1, -0.05) is 0 Å². The predicted octanol–water partition coefficient (Wildman–Crippen LogP) is 1.17. The average molecular weight is 309 g/mol. The molecule has 5 nitrogen and oxygen atoms in total. The molecular formula is C15H23N3O2S. The summed E-state index contributed by atoms with van der Waals surface area (Å²) in [6.45, 7) is 5.10. The van der Waals surface area contributed by atoms with Crippen LogP contribution in [0.3, 0.4) is 0 Å². The Labute approximate surface area is 129 Å². The van der Waals surface area contributed by atoms with Crippen molar-refractivity contribution < 1.29 is 9.53 Å². The highest BCUT2D eigenvalue weighted by molar-refractivity contribution is 7.14. The molecule has 1 aromatic rings. The van der Waals surface area contributed by atoms with Crippen molar-refractivity contribution in [3.8, 4) is 0 Å². The zero-order valence-electron chi connectivity index (χ0n) is 12.5. The van der Waals surface area contributed by atoms with Crippen molar-refractivity contribution in [2.75, 3.05) is 51.3 Å². The Hall–Kier alpha value is -1.11. The molecule has 0 atom stereocenters. The molecule has 2 aliphatic heterocycles. The molecule has 1 N–H and O–H groups in total. The molecule has 0 radical (unpaired) electrons. The van der Waals surface area contributed by atoms with Gasteiger partial charge in [0.15, 0.2) is 0 Å². The number of anilines is 1. The summed E-state index contributed by atoms with van der Waals surface area (Å²) >= 11 is 1.76. The van der Waals surface area contributed by atoms with Crippen LogP contribution in [-0.2, 0) is 9.53 Å². The first-order valence-electron chi connectivity index (χ1n) is 7.59. The number of carbonyl (C=O) groups excluding carboxylic acids is 1. The quantitative estimate of drug-likeness (QED) is 0.910. The number of methoxy groups -OCH3 is 1. The van der Waals surface area contributed by atoms with Gasteiger partial charge in [0.1, 0.15) is 5.60 Å². The number of piperidine rings is 1. The molecule has 21 heavy (non-hydrogen) atoms. The second kappa shape index (κ2) is 6.34. The third-order valence-corrected chi connectivity index (χ3v) is 5.51. The van der Waals surface area contributed by atoms with Gasteiger partial charge in [-0.25, -0.2) is 0 Å². The predicted molar refractivity (Wildman–Crippen MR) is 85.0 cm³/mol. The molecule has 3 heterocycles. The lowest BCUT2D eigenvalue weighted by Crippen LogP contribution is -2.59. The van der Waals surface area contributed by atoms with Gasteiger partial charge < -0.3 is 19.9 Å². The van der Waals surface area contributed by atoms with Crippen LogP contribution < -0.4 is 10.2 Å². The summed E-state index contributed by atoms with van der Waals surface area (Å²) in [4.78, 5) is 17.2. The molecule has 0 saturated carbocycles. The van der Waals surface area contributed by atoms with E-state index in [-0.39, 0.29) is 5.91 Å². The summed E-state index contributed by atoms with van der Waals surface area (Å²) in [5.41, 5.74) is -0.601. The van der Waals surface area contributed by atoms with Crippen molar-refractivity contribution in [1.29, 1.82) is 0 Å². The van der Waals surface area contributed by atoms with Crippen molar-refractivity contribution >= 4 is 22.2 Å². The first-order valence-corrected chi connectivity index (χ1v) is 8.47. The van der Waals surface area contributed by atoms with Crippen LogP contribution in [0.15, 0.2) is 17.5 Å². The maximum absolute atomic E-state index is 12.9. The number of nitrogens with one attached hydrogen (secondary N) is 1. The smallest absolute Gasteiger partial charge is 0.255 e. The van der Waals surface area contributed by atoms with Crippen molar-refractivity contribution in [2.24, 2.45) is 0 Å². The molecule has 0 spiro atoms. The van der Waals surface area contributed by atoms with E-state index in [1.54, 1.807) is 18.4 Å². The summed E-state index contributed by atoms with van der Waals surface area (Å²) in [5.74, 6) is 0.178. The molecule has 0 bridgehead atoms. The average Bonchev–Trinajstić information content (AvgIpc) is 3.09. The molecule has 116 valence electrons. The fourth-order valence-electron chi connectivity index (χ4n) is 3.20. The second-order valence-electron chi connectivity index (χ2n) is 5.68. The van der Waals surface area contributed by atoms with E-state index in [0.29, 0.717) is 0 Å². The van der Waals surface area contributed by atoms with Gasteiger partial charge in [0, 0.05) is 33.3 Å². The second-order valence-corrected chi connectivity index (χ2v) is 6.61. The van der Waals surface area contributed by atoms with Crippen molar-refractivity contribution in [1.82, 2.24) is 10.2 Å². The summed E-state index contributed by atoms with van der Waals surface area (Å²) < 4.78 is 5.65. The Balaban J connectivity index is 1.62. The monoisotopic (exact) mass is 309 g/mol. The van der Waals surface area contributed by atoms with Crippen LogP contribution in [0.4, 0.5) is 5.00 Å². The Kier molecular flexibility index (Phi) is 4.47. The Morgan fingerprint density at radius 2 is 2.00 bits per heavy atom. The number of rotatable bonds is 3. The van der Waals surface area contributed by atoms with Crippen molar-refractivity contribution in [2.45, 2.75) is 18.4 Å². The first kappa shape index (κ1) is 14.8. The van der Waals surface area contributed by atoms with E-state index in [1.807, 2.05) is 4.90 Å². The number of nitrogens with zero attached hydrogens (tertiary/aromatic N) is 2. The van der Waals surface area contributed by atoms with E-state index in [0.717, 1.165) is 52.1 Å². The van der Waals surface area contributed by atoms with E-state index in [2.05, 4.69) is 27.7 Å². The largest absolute Gasteiger partial charge is 0.368 e. The molecule has 2 aliphatic rings. The van der Waals surface area contributed by atoms with Gasteiger partial charge in [-0.2, -0.15) is 0 Å². The highest BCUT2D eigenvalue weighted by Gasteiger charge is 2.42. The van der Waals surface area contributed by atoms with Crippen LogP contribution in [0.25, 0.3) is 0 Å². The van der Waals surface area contributed by atoms with Gasteiger partial charge in [-0.3, -0.25) is 4.79 Å². The summed E-state index contributed by atoms with van der Waals surface area (Å²) in [6.07, 6.45) is 1.54. The molecule has 0 aliphatic carbocycles. The standard InChI is InChI=1S/C15H23N3O2S/c1-20-15(4-6-16-7-5-15)14(19)18-10-8-17(9-11-18)13-3-2-12-21-13/h2-3,12,16H,4-11H2,1H3. The number of hydrogen-bond donors (Lipinski definition) is 1. The van der Waals surface area contributed by atoms with Gasteiger partial charge in [0.05, 0.1) is 5.00 Å². The molecule has 3 rings (SSSR count). The first-order chi connectivity index (χ1) is 10.2. The fourth-order valence-corrected chi connectivity index (χ4v) is 3.99. The zero-order chi connectivity index (χ0) is 14.7. The molecule has 6 heteroatoms. The minimum atomic E-state index is -0.601. The lowest BCUT2D eigenvalue weighted by atomic mass is 9.90. The topological polar surface area (TPSA) is 44.8 Å². The minimum absolute atomic E-state index is 0.178. The number of thiophene rings is 1. The van der Waals surface area contributed by atoms with Crippen LogP contribution >= 0.6 is 11.3 Å². The SMILES string of the molecule is COC1(C(=O)N2CCN(c3cccs3)CC2)CCNCC1. The third kappa shape index (κ3) is 2.93. The lowest BCUT2D eigenvalue weighted by Gasteiger charge is -2.42. The number of carbonyl (C=O) groups is 1. The maximum Gasteiger partial charge on any atom is 0.255 e. The van der Waals surface area contributed by atoms with E-state index < -0.39 is 5.60 Å². The molecule has 1 amide bonds. The van der Waals surface area contributed by atoms with Gasteiger partial charge in [-0.15, -0.1) is 11.3 Å². The zero-order valence-corrected chi connectivity index (χ0v) is 13.3. The van der Waals surface area contributed by atoms with Gasteiger partial charge in [0.25, 0.3) is 5.91 Å². The van der Waals surface area contributed by atoms with Gasteiger partial charge in [0.2, 0.25) is 0 Å². The van der Waals surface area contributed by atoms with Crippen LogP contribution in [0.2, 0.25) is 0 Å². The summed E-state index contributed by atoms with van der Waals surface area (Å²) in [5, 5.41) is 6.70. The Morgan fingerprint density at radius 1 is 1.29 bits per heavy atom. The van der Waals surface area contributed by atoms with Crippen molar-refractivity contribution in [3.63, 3.8) is 0 Å². The van der Waals surface area contributed by atoms with Crippen LogP contribution in [-0.4, -0.2) is 62.8 Å². The maximum atomic E-state index is 12.9. The number of amides is 1. The summed E-state index contributed by atoms with van der Waals surface area (Å²) in [6, 6.07) is 4.22. The summed E-state index contributed by atoms with van der Waals surface area (Å²) in [7, 11) is 1.67. The Morgan fingerprint density at radius 3 is 2.57 bits per heavy atom. The molecule has 0 aromatic carbocycles. The molecule has 0 unspecified atom stereocenters. The van der Waals surface area contributed by atoms with E-state index >= 15 is 0 Å². The van der Waals surface area contributed by atoms with Crippen LogP contribution in [0, 0.1) is 0 Å². The highest BCUT2D eigenvalue weighted by Crippen LogP contribution is 2.27. The van der Waals surface area contributed by atoms with Crippen LogP contribution in [0.5, 0.6) is 0 Å². The normalized spacial score (nSPS) is 22.3. The highest BCUT2D eigenvalue weighted by atomic mass is 32.1. The minimum Gasteiger partial charge on any atom is -0.368 e. The number of piperazine rings is 1. The van der Waals surface area contributed by atoms with Gasteiger partial charge in [-0.05, 0) is 43.4 Å². The number of ether oxygens (including phenoxy) is 1. The molecule has 2 fully saturated rings.